The average molecular weight is 349 g/mol. The molecule has 0 radical (unpaired) electrons. The number of carbonyl (C=O) groups is 1. The van der Waals surface area contributed by atoms with Gasteiger partial charge < -0.3 is 15.0 Å². The largest absolute Gasteiger partial charge is 0.388 e. The fourth-order valence-corrected chi connectivity index (χ4v) is 3.30. The summed E-state index contributed by atoms with van der Waals surface area (Å²) in [7, 11) is 0. The van der Waals surface area contributed by atoms with Crippen LogP contribution in [0.5, 0.6) is 0 Å². The Morgan fingerprint density at radius 1 is 1.15 bits per heavy atom. The molecule has 26 heavy (non-hydrogen) atoms. The predicted octanol–water partition coefficient (Wildman–Crippen LogP) is 3.15. The van der Waals surface area contributed by atoms with Crippen LogP contribution in [-0.2, 0) is 11.3 Å². The van der Waals surface area contributed by atoms with Crippen molar-refractivity contribution >= 4 is 16.9 Å². The molecule has 0 saturated heterocycles. The Morgan fingerprint density at radius 3 is 2.65 bits per heavy atom. The maximum absolute atomic E-state index is 12.4. The van der Waals surface area contributed by atoms with Crippen LogP contribution in [0.15, 0.2) is 54.6 Å². The predicted molar refractivity (Wildman–Crippen MR) is 101 cm³/mol. The molecule has 134 valence electrons. The molecule has 2 N–H and O–H groups in total. The Kier molecular flexibility index (Phi) is 4.71. The number of nitrogens with one attached hydrogen (secondary N) is 1. The van der Waals surface area contributed by atoms with Gasteiger partial charge in [0.2, 0.25) is 5.91 Å². The third kappa shape index (κ3) is 3.63. The van der Waals surface area contributed by atoms with Crippen molar-refractivity contribution in [1.82, 2.24) is 14.9 Å². The van der Waals surface area contributed by atoms with Crippen LogP contribution in [0.3, 0.4) is 0 Å². The second kappa shape index (κ2) is 7.30. The molecule has 1 saturated carbocycles. The minimum atomic E-state index is -0.562. The van der Waals surface area contributed by atoms with E-state index in [-0.39, 0.29) is 12.5 Å². The van der Waals surface area contributed by atoms with Gasteiger partial charge in [-0.1, -0.05) is 42.5 Å². The fourth-order valence-electron chi connectivity index (χ4n) is 3.30. The second-order valence-electron chi connectivity index (χ2n) is 6.88. The summed E-state index contributed by atoms with van der Waals surface area (Å²) in [5, 5.41) is 13.1. The average Bonchev–Trinajstić information content (AvgIpc) is 3.45. The molecule has 4 rings (SSSR count). The van der Waals surface area contributed by atoms with Gasteiger partial charge in [0.1, 0.15) is 12.4 Å². The van der Waals surface area contributed by atoms with E-state index in [1.54, 1.807) is 0 Å². The number of imidazole rings is 1. The highest BCUT2D eigenvalue weighted by molar-refractivity contribution is 5.81. The third-order valence-corrected chi connectivity index (χ3v) is 4.85. The Labute approximate surface area is 152 Å². The van der Waals surface area contributed by atoms with E-state index in [0.29, 0.717) is 18.9 Å². The molecule has 0 bridgehead atoms. The molecule has 3 aromatic rings. The van der Waals surface area contributed by atoms with Crippen LogP contribution in [0, 0.1) is 0 Å². The summed E-state index contributed by atoms with van der Waals surface area (Å²) < 4.78 is 2.04. The number of aliphatic hydroxyl groups excluding tert-OH is 1. The smallest absolute Gasteiger partial charge is 0.240 e. The van der Waals surface area contributed by atoms with E-state index in [1.165, 1.54) is 0 Å². The summed E-state index contributed by atoms with van der Waals surface area (Å²) in [6, 6.07) is 17.5. The zero-order valence-electron chi connectivity index (χ0n) is 14.6. The van der Waals surface area contributed by atoms with Crippen LogP contribution in [0.25, 0.3) is 11.0 Å². The first-order valence-electron chi connectivity index (χ1n) is 9.17. The lowest BCUT2D eigenvalue weighted by molar-refractivity contribution is -0.121. The van der Waals surface area contributed by atoms with E-state index >= 15 is 0 Å². The normalized spacial score (nSPS) is 15.1. The molecule has 1 fully saturated rings. The van der Waals surface area contributed by atoms with Crippen molar-refractivity contribution in [3.63, 3.8) is 0 Å². The number of rotatable bonds is 7. The van der Waals surface area contributed by atoms with Crippen molar-refractivity contribution in [1.29, 1.82) is 0 Å². The molecule has 1 aliphatic rings. The first kappa shape index (κ1) is 16.8. The van der Waals surface area contributed by atoms with Crippen molar-refractivity contribution in [2.75, 3.05) is 6.54 Å². The van der Waals surface area contributed by atoms with Crippen molar-refractivity contribution < 1.29 is 9.90 Å². The zero-order chi connectivity index (χ0) is 17.9. The first-order chi connectivity index (χ1) is 12.7. The minimum absolute atomic E-state index is 0.0460. The minimum Gasteiger partial charge on any atom is -0.388 e. The number of hydrogen-bond donors (Lipinski definition) is 2. The summed E-state index contributed by atoms with van der Waals surface area (Å²) in [5.74, 6) is 1.45. The van der Waals surface area contributed by atoms with E-state index in [2.05, 4.69) is 5.32 Å². The number of amides is 1. The van der Waals surface area contributed by atoms with Crippen LogP contribution < -0.4 is 5.32 Å². The van der Waals surface area contributed by atoms with Gasteiger partial charge in [-0.3, -0.25) is 4.79 Å². The molecule has 1 aromatic heterocycles. The highest BCUT2D eigenvalue weighted by Gasteiger charge is 2.30. The molecule has 2 aromatic carbocycles. The van der Waals surface area contributed by atoms with Crippen LogP contribution in [0.1, 0.15) is 42.7 Å². The maximum atomic E-state index is 12.4. The summed E-state index contributed by atoms with van der Waals surface area (Å²) in [6.07, 6.45) is 2.23. The number of aliphatic hydroxyl groups is 1. The molecule has 0 aliphatic heterocycles. The number of para-hydroxylation sites is 2. The molecule has 5 nitrogen and oxygen atoms in total. The lowest BCUT2D eigenvalue weighted by atomic mass is 10.1. The van der Waals surface area contributed by atoms with Crippen LogP contribution in [0.2, 0.25) is 0 Å². The van der Waals surface area contributed by atoms with Gasteiger partial charge in [0.05, 0.1) is 17.1 Å². The van der Waals surface area contributed by atoms with E-state index in [1.807, 2.05) is 59.2 Å². The van der Waals surface area contributed by atoms with E-state index in [0.717, 1.165) is 35.3 Å². The van der Waals surface area contributed by atoms with Crippen molar-refractivity contribution in [3.8, 4) is 0 Å². The summed E-state index contributed by atoms with van der Waals surface area (Å²) in [6.45, 7) is 0.716. The summed E-state index contributed by atoms with van der Waals surface area (Å²) >= 11 is 0. The number of nitrogens with zero attached hydrogens (tertiary/aromatic N) is 2. The lowest BCUT2D eigenvalue weighted by Crippen LogP contribution is -2.29. The molecule has 1 amide bonds. The van der Waals surface area contributed by atoms with Gasteiger partial charge in [0.15, 0.2) is 0 Å². The molecule has 1 atom stereocenters. The van der Waals surface area contributed by atoms with Crippen molar-refractivity contribution in [2.45, 2.75) is 37.8 Å². The van der Waals surface area contributed by atoms with E-state index in [9.17, 15) is 9.90 Å². The van der Waals surface area contributed by atoms with Gasteiger partial charge in [0, 0.05) is 12.5 Å². The SMILES string of the molecule is O=C(Cn1c(C2CC2)nc2ccccc21)NCCC(O)c1ccccc1. The van der Waals surface area contributed by atoms with Gasteiger partial charge >= 0.3 is 0 Å². The highest BCUT2D eigenvalue weighted by Crippen LogP contribution is 2.40. The van der Waals surface area contributed by atoms with E-state index in [4.69, 9.17) is 4.98 Å². The molecular weight excluding hydrogens is 326 g/mol. The van der Waals surface area contributed by atoms with Crippen LogP contribution in [0.4, 0.5) is 0 Å². The maximum Gasteiger partial charge on any atom is 0.240 e. The zero-order valence-corrected chi connectivity index (χ0v) is 14.6. The summed E-state index contributed by atoms with van der Waals surface area (Å²) in [5.41, 5.74) is 2.83. The van der Waals surface area contributed by atoms with Gasteiger partial charge in [-0.25, -0.2) is 4.98 Å². The Hall–Kier alpha value is -2.66. The first-order valence-corrected chi connectivity index (χ1v) is 9.17. The Morgan fingerprint density at radius 2 is 1.88 bits per heavy atom. The van der Waals surface area contributed by atoms with E-state index < -0.39 is 6.10 Å². The fraction of sp³-hybridized carbons (Fsp3) is 0.333. The summed E-state index contributed by atoms with van der Waals surface area (Å²) in [4.78, 5) is 17.1. The topological polar surface area (TPSA) is 67.2 Å². The lowest BCUT2D eigenvalue weighted by Gasteiger charge is -2.13. The quantitative estimate of drug-likeness (QED) is 0.688. The molecule has 1 aliphatic carbocycles. The van der Waals surface area contributed by atoms with Crippen LogP contribution >= 0.6 is 0 Å². The molecule has 1 heterocycles. The van der Waals surface area contributed by atoms with Crippen molar-refractivity contribution in [2.24, 2.45) is 0 Å². The highest BCUT2D eigenvalue weighted by atomic mass is 16.3. The van der Waals surface area contributed by atoms with Gasteiger partial charge in [-0.05, 0) is 37.0 Å². The number of aromatic nitrogens is 2. The van der Waals surface area contributed by atoms with Crippen molar-refractivity contribution in [3.05, 3.63) is 66.0 Å². The molecule has 1 unspecified atom stereocenters. The third-order valence-electron chi connectivity index (χ3n) is 4.85. The van der Waals surface area contributed by atoms with Crippen LogP contribution in [-0.4, -0.2) is 27.1 Å². The standard InChI is InChI=1S/C21H23N3O2/c25-19(15-6-2-1-3-7-15)12-13-22-20(26)14-24-18-9-5-4-8-17(18)23-21(24)16-10-11-16/h1-9,16,19,25H,10-14H2,(H,22,26). The molecular formula is C21H23N3O2. The monoisotopic (exact) mass is 349 g/mol. The van der Waals surface area contributed by atoms with Gasteiger partial charge in [-0.2, -0.15) is 0 Å². The number of fused-ring (bicyclic) bond motifs is 1. The number of benzene rings is 2. The Balaban J connectivity index is 1.38. The molecule has 5 heteroatoms. The van der Waals surface area contributed by atoms with Gasteiger partial charge in [-0.15, -0.1) is 0 Å². The second-order valence-corrected chi connectivity index (χ2v) is 6.88. The number of hydrogen-bond acceptors (Lipinski definition) is 3. The molecule has 0 spiro atoms. The number of carbonyl (C=O) groups excluding carboxylic acids is 1. The van der Waals surface area contributed by atoms with Gasteiger partial charge in [0.25, 0.3) is 0 Å². The Bertz CT molecular complexity index is 900.